The van der Waals surface area contributed by atoms with Crippen molar-refractivity contribution in [2.75, 3.05) is 0 Å². The molecule has 0 aliphatic heterocycles. The molecule has 3 heteroatoms. The zero-order valence-corrected chi connectivity index (χ0v) is 11.3. The third-order valence-electron chi connectivity index (χ3n) is 3.42. The first kappa shape index (κ1) is 12.9. The molecule has 0 radical (unpaired) electrons. The molecule has 3 rings (SSSR count). The molecule has 2 aromatic carbocycles. The number of para-hydroxylation sites is 2. The number of rotatable bonds is 5. The molecular formula is C17H18N2O. The van der Waals surface area contributed by atoms with Gasteiger partial charge in [0.1, 0.15) is 5.52 Å². The lowest BCUT2D eigenvalue weighted by atomic mass is 10.0. The van der Waals surface area contributed by atoms with E-state index in [0.29, 0.717) is 6.42 Å². The van der Waals surface area contributed by atoms with E-state index in [9.17, 15) is 0 Å². The largest absolute Gasteiger partial charge is 0.441 e. The summed E-state index contributed by atoms with van der Waals surface area (Å²) in [5.74, 6) is 0.728. The summed E-state index contributed by atoms with van der Waals surface area (Å²) in [6.07, 6.45) is 2.60. The van der Waals surface area contributed by atoms with E-state index in [4.69, 9.17) is 10.2 Å². The summed E-state index contributed by atoms with van der Waals surface area (Å²) in [5.41, 5.74) is 9.23. The van der Waals surface area contributed by atoms with Crippen molar-refractivity contribution in [2.24, 2.45) is 5.73 Å². The molecule has 0 aliphatic carbocycles. The number of nitrogens with zero attached hydrogens (tertiary/aromatic N) is 1. The van der Waals surface area contributed by atoms with Gasteiger partial charge in [-0.05, 0) is 30.5 Å². The second-order valence-electron chi connectivity index (χ2n) is 5.06. The fraction of sp³-hybridized carbons (Fsp3) is 0.235. The zero-order chi connectivity index (χ0) is 13.8. The van der Waals surface area contributed by atoms with E-state index in [2.05, 4.69) is 29.2 Å². The minimum Gasteiger partial charge on any atom is -0.441 e. The molecule has 3 aromatic rings. The first-order valence-corrected chi connectivity index (χ1v) is 6.95. The lowest BCUT2D eigenvalue weighted by Crippen LogP contribution is -2.23. The topological polar surface area (TPSA) is 52.0 Å². The maximum absolute atomic E-state index is 6.18. The number of benzene rings is 2. The van der Waals surface area contributed by atoms with Gasteiger partial charge in [0, 0.05) is 12.5 Å². The Morgan fingerprint density at radius 3 is 2.55 bits per heavy atom. The van der Waals surface area contributed by atoms with Gasteiger partial charge in [-0.25, -0.2) is 4.98 Å². The van der Waals surface area contributed by atoms with Gasteiger partial charge in [-0.2, -0.15) is 0 Å². The first-order valence-electron chi connectivity index (χ1n) is 6.95. The molecule has 1 heterocycles. The number of fused-ring (bicyclic) bond motifs is 1. The molecule has 3 nitrogen and oxygen atoms in total. The summed E-state index contributed by atoms with van der Waals surface area (Å²) in [5, 5.41) is 0. The fourth-order valence-electron chi connectivity index (χ4n) is 2.33. The van der Waals surface area contributed by atoms with Gasteiger partial charge in [-0.1, -0.05) is 42.5 Å². The van der Waals surface area contributed by atoms with Crippen molar-refractivity contribution in [1.82, 2.24) is 4.98 Å². The van der Waals surface area contributed by atoms with Crippen LogP contribution >= 0.6 is 0 Å². The number of aromatic nitrogens is 1. The number of aryl methyl sites for hydroxylation is 1. The van der Waals surface area contributed by atoms with Crippen molar-refractivity contribution >= 4 is 11.1 Å². The number of nitrogens with two attached hydrogens (primary N) is 1. The molecule has 0 bridgehead atoms. The summed E-state index contributed by atoms with van der Waals surface area (Å²) >= 11 is 0. The third-order valence-corrected chi connectivity index (χ3v) is 3.42. The van der Waals surface area contributed by atoms with Crippen LogP contribution in [-0.4, -0.2) is 11.0 Å². The van der Waals surface area contributed by atoms with Crippen molar-refractivity contribution in [2.45, 2.75) is 25.3 Å². The second-order valence-corrected chi connectivity index (χ2v) is 5.06. The zero-order valence-electron chi connectivity index (χ0n) is 11.3. The summed E-state index contributed by atoms with van der Waals surface area (Å²) in [6, 6.07) is 18.3. The van der Waals surface area contributed by atoms with Crippen molar-refractivity contribution < 1.29 is 4.42 Å². The molecule has 0 saturated carbocycles. The van der Waals surface area contributed by atoms with Gasteiger partial charge < -0.3 is 10.2 Å². The Kier molecular flexibility index (Phi) is 3.79. The van der Waals surface area contributed by atoms with E-state index in [-0.39, 0.29) is 6.04 Å². The smallest absolute Gasteiger partial charge is 0.197 e. The summed E-state index contributed by atoms with van der Waals surface area (Å²) in [4.78, 5) is 4.46. The van der Waals surface area contributed by atoms with Gasteiger partial charge in [0.15, 0.2) is 11.5 Å². The normalized spacial score (nSPS) is 12.7. The van der Waals surface area contributed by atoms with Gasteiger partial charge >= 0.3 is 0 Å². The molecule has 0 spiro atoms. The maximum atomic E-state index is 6.18. The molecule has 20 heavy (non-hydrogen) atoms. The summed E-state index contributed by atoms with van der Waals surface area (Å²) in [6.45, 7) is 0. The van der Waals surface area contributed by atoms with Crippen LogP contribution in [0.2, 0.25) is 0 Å². The molecule has 1 aromatic heterocycles. The maximum Gasteiger partial charge on any atom is 0.197 e. The number of hydrogen-bond acceptors (Lipinski definition) is 3. The van der Waals surface area contributed by atoms with E-state index in [1.54, 1.807) is 0 Å². The molecule has 102 valence electrons. The van der Waals surface area contributed by atoms with Crippen LogP contribution in [0, 0.1) is 0 Å². The van der Waals surface area contributed by atoms with Gasteiger partial charge in [0.2, 0.25) is 0 Å². The Morgan fingerprint density at radius 1 is 1.00 bits per heavy atom. The lowest BCUT2D eigenvalue weighted by molar-refractivity contribution is 0.484. The predicted octanol–water partition coefficient (Wildman–Crippen LogP) is 3.33. The van der Waals surface area contributed by atoms with Crippen LogP contribution in [0.3, 0.4) is 0 Å². The first-order chi connectivity index (χ1) is 9.81. The highest BCUT2D eigenvalue weighted by Crippen LogP contribution is 2.16. The van der Waals surface area contributed by atoms with E-state index in [1.807, 2.05) is 30.3 Å². The van der Waals surface area contributed by atoms with Crippen LogP contribution in [-0.2, 0) is 12.8 Å². The SMILES string of the molecule is NC(CCc1ccccc1)Cc1nc2ccccc2o1. The highest BCUT2D eigenvalue weighted by Gasteiger charge is 2.10. The van der Waals surface area contributed by atoms with Crippen LogP contribution < -0.4 is 5.73 Å². The highest BCUT2D eigenvalue weighted by molar-refractivity contribution is 5.72. The molecule has 2 N–H and O–H groups in total. The Bertz CT molecular complexity index is 643. The second kappa shape index (κ2) is 5.88. The Morgan fingerprint density at radius 2 is 1.75 bits per heavy atom. The van der Waals surface area contributed by atoms with E-state index < -0.39 is 0 Å². The summed E-state index contributed by atoms with van der Waals surface area (Å²) < 4.78 is 5.70. The molecule has 0 saturated heterocycles. The van der Waals surface area contributed by atoms with Crippen LogP contribution in [0.1, 0.15) is 17.9 Å². The van der Waals surface area contributed by atoms with Crippen molar-refractivity contribution in [3.63, 3.8) is 0 Å². The lowest BCUT2D eigenvalue weighted by Gasteiger charge is -2.08. The van der Waals surface area contributed by atoms with Gasteiger partial charge in [-0.3, -0.25) is 0 Å². The summed E-state index contributed by atoms with van der Waals surface area (Å²) in [7, 11) is 0. The minimum absolute atomic E-state index is 0.0725. The molecule has 0 fully saturated rings. The number of oxazole rings is 1. The standard InChI is InChI=1S/C17H18N2O/c18-14(11-10-13-6-2-1-3-7-13)12-17-19-15-8-4-5-9-16(15)20-17/h1-9,14H,10-12,18H2. The highest BCUT2D eigenvalue weighted by atomic mass is 16.3. The predicted molar refractivity (Wildman–Crippen MR) is 80.5 cm³/mol. The monoisotopic (exact) mass is 266 g/mol. The van der Waals surface area contributed by atoms with Crippen LogP contribution in [0.5, 0.6) is 0 Å². The van der Waals surface area contributed by atoms with Crippen molar-refractivity contribution in [3.05, 3.63) is 66.1 Å². The van der Waals surface area contributed by atoms with Crippen LogP contribution in [0.15, 0.2) is 59.0 Å². The molecular weight excluding hydrogens is 248 g/mol. The Hall–Kier alpha value is -2.13. The average Bonchev–Trinajstić information content (AvgIpc) is 2.88. The number of hydrogen-bond donors (Lipinski definition) is 1. The van der Waals surface area contributed by atoms with E-state index in [0.717, 1.165) is 29.8 Å². The molecule has 1 atom stereocenters. The van der Waals surface area contributed by atoms with Crippen molar-refractivity contribution in [1.29, 1.82) is 0 Å². The molecule has 0 aliphatic rings. The molecule has 1 unspecified atom stereocenters. The quantitative estimate of drug-likeness (QED) is 0.770. The van der Waals surface area contributed by atoms with E-state index >= 15 is 0 Å². The minimum atomic E-state index is 0.0725. The van der Waals surface area contributed by atoms with Crippen molar-refractivity contribution in [3.8, 4) is 0 Å². The van der Waals surface area contributed by atoms with Gasteiger partial charge in [0.05, 0.1) is 0 Å². The van der Waals surface area contributed by atoms with Gasteiger partial charge in [0.25, 0.3) is 0 Å². The third kappa shape index (κ3) is 3.06. The fourth-order valence-corrected chi connectivity index (χ4v) is 2.33. The Balaban J connectivity index is 1.59. The van der Waals surface area contributed by atoms with Crippen LogP contribution in [0.4, 0.5) is 0 Å². The molecule has 0 amide bonds. The average molecular weight is 266 g/mol. The van der Waals surface area contributed by atoms with Crippen LogP contribution in [0.25, 0.3) is 11.1 Å². The Labute approximate surface area is 118 Å². The van der Waals surface area contributed by atoms with Gasteiger partial charge in [-0.15, -0.1) is 0 Å². The van der Waals surface area contributed by atoms with E-state index in [1.165, 1.54) is 5.56 Å².